The molecular weight excluding hydrogens is 309 g/mol. The number of amides is 1. The fourth-order valence-corrected chi connectivity index (χ4v) is 2.47. The van der Waals surface area contributed by atoms with Crippen molar-refractivity contribution in [1.82, 2.24) is 9.38 Å². The smallest absolute Gasteiger partial charge is 0.276 e. The van der Waals surface area contributed by atoms with Crippen molar-refractivity contribution in [2.45, 2.75) is 6.92 Å². The molecule has 106 valence electrons. The lowest BCUT2D eigenvalue weighted by molar-refractivity contribution is 0.102. The summed E-state index contributed by atoms with van der Waals surface area (Å²) in [6.07, 6.45) is 1.86. The summed E-state index contributed by atoms with van der Waals surface area (Å²) in [5, 5.41) is 3.67. The second-order valence-corrected chi connectivity index (χ2v) is 5.39. The Morgan fingerprint density at radius 3 is 2.86 bits per heavy atom. The third kappa shape index (κ3) is 2.60. The average Bonchev–Trinajstić information content (AvgIpc) is 2.81. The van der Waals surface area contributed by atoms with Gasteiger partial charge in [-0.2, -0.15) is 0 Å². The summed E-state index contributed by atoms with van der Waals surface area (Å²) < 4.78 is 1.86. The monoisotopic (exact) mass is 319 g/mol. The maximum absolute atomic E-state index is 12.4. The van der Waals surface area contributed by atoms with E-state index in [9.17, 15) is 4.79 Å². The molecule has 0 bridgehead atoms. The number of imidazole rings is 1. The Morgan fingerprint density at radius 2 is 2.05 bits per heavy atom. The number of carbonyl (C=O) groups excluding carboxylic acids is 1. The minimum absolute atomic E-state index is 0.323. The first kappa shape index (κ1) is 13.9. The molecule has 3 aromatic rings. The van der Waals surface area contributed by atoms with Crippen molar-refractivity contribution in [1.29, 1.82) is 0 Å². The largest absolute Gasteiger partial charge is 0.319 e. The molecule has 0 spiro atoms. The van der Waals surface area contributed by atoms with E-state index in [0.29, 0.717) is 21.4 Å². The first-order valence-corrected chi connectivity index (χ1v) is 7.02. The predicted molar refractivity (Wildman–Crippen MR) is 84.3 cm³/mol. The van der Waals surface area contributed by atoms with E-state index in [4.69, 9.17) is 23.2 Å². The number of anilines is 1. The van der Waals surface area contributed by atoms with Gasteiger partial charge in [0.2, 0.25) is 0 Å². The van der Waals surface area contributed by atoms with Crippen LogP contribution in [0.2, 0.25) is 10.0 Å². The number of nitrogens with zero attached hydrogens (tertiary/aromatic N) is 2. The van der Waals surface area contributed by atoms with E-state index < -0.39 is 0 Å². The molecule has 3 rings (SSSR count). The van der Waals surface area contributed by atoms with Gasteiger partial charge >= 0.3 is 0 Å². The molecule has 2 aromatic heterocycles. The summed E-state index contributed by atoms with van der Waals surface area (Å²) in [5.41, 5.74) is 1.55. The van der Waals surface area contributed by atoms with Crippen LogP contribution in [0.5, 0.6) is 0 Å². The molecule has 1 N–H and O–H groups in total. The Morgan fingerprint density at radius 1 is 1.24 bits per heavy atom. The lowest BCUT2D eigenvalue weighted by atomic mass is 10.3. The zero-order valence-electron chi connectivity index (χ0n) is 11.1. The molecule has 0 aliphatic carbocycles. The number of carbonyl (C=O) groups is 1. The zero-order chi connectivity index (χ0) is 15.0. The van der Waals surface area contributed by atoms with Crippen molar-refractivity contribution < 1.29 is 4.79 Å². The van der Waals surface area contributed by atoms with Crippen molar-refractivity contribution in [2.24, 2.45) is 0 Å². The van der Waals surface area contributed by atoms with Crippen LogP contribution in [-0.2, 0) is 0 Å². The fraction of sp³-hybridized carbons (Fsp3) is 0.0667. The number of aromatic nitrogens is 2. The van der Waals surface area contributed by atoms with Crippen LogP contribution in [0.4, 0.5) is 5.69 Å². The highest BCUT2D eigenvalue weighted by Gasteiger charge is 2.16. The van der Waals surface area contributed by atoms with Crippen LogP contribution in [-0.4, -0.2) is 15.3 Å². The number of fused-ring (bicyclic) bond motifs is 1. The van der Waals surface area contributed by atoms with Gasteiger partial charge < -0.3 is 9.72 Å². The van der Waals surface area contributed by atoms with Gasteiger partial charge in [-0.3, -0.25) is 4.79 Å². The Balaban J connectivity index is 2.00. The molecular formula is C15H11Cl2N3O. The minimum Gasteiger partial charge on any atom is -0.319 e. The number of benzene rings is 1. The van der Waals surface area contributed by atoms with Crippen LogP contribution in [0.1, 0.15) is 16.3 Å². The van der Waals surface area contributed by atoms with Gasteiger partial charge in [0.25, 0.3) is 5.91 Å². The summed E-state index contributed by atoms with van der Waals surface area (Å²) >= 11 is 12.0. The quantitative estimate of drug-likeness (QED) is 0.769. The van der Waals surface area contributed by atoms with Gasteiger partial charge in [-0.1, -0.05) is 29.3 Å². The van der Waals surface area contributed by atoms with Gasteiger partial charge in [-0.05, 0) is 37.3 Å². The van der Waals surface area contributed by atoms with E-state index in [1.807, 2.05) is 35.7 Å². The Labute approximate surface area is 131 Å². The molecule has 21 heavy (non-hydrogen) atoms. The van der Waals surface area contributed by atoms with E-state index in [1.165, 1.54) is 0 Å². The summed E-state index contributed by atoms with van der Waals surface area (Å²) in [5.74, 6) is 0.420. The van der Waals surface area contributed by atoms with E-state index >= 15 is 0 Å². The Bertz CT molecular complexity index is 842. The first-order valence-electron chi connectivity index (χ1n) is 6.26. The molecule has 0 saturated carbocycles. The molecule has 0 atom stereocenters. The van der Waals surface area contributed by atoms with Crippen molar-refractivity contribution in [3.63, 3.8) is 0 Å². The molecule has 1 amide bonds. The Hall–Kier alpha value is -2.04. The second kappa shape index (κ2) is 5.39. The van der Waals surface area contributed by atoms with E-state index in [0.717, 1.165) is 11.3 Å². The first-order chi connectivity index (χ1) is 10.1. The number of pyridine rings is 1. The number of rotatable bonds is 2. The molecule has 0 aliphatic rings. The molecule has 0 radical (unpaired) electrons. The standard InChI is InChI=1S/C15H11Cl2N3O/c1-9-18-14(13-4-2-3-7-20(9)13)15(21)19-12-8-10(16)5-6-11(12)17/h2-8H,1H3,(H,19,21). The molecule has 0 aliphatic heterocycles. The molecule has 0 fully saturated rings. The summed E-state index contributed by atoms with van der Waals surface area (Å²) in [7, 11) is 0. The van der Waals surface area contributed by atoms with Gasteiger partial charge in [0.05, 0.1) is 16.2 Å². The zero-order valence-corrected chi connectivity index (χ0v) is 12.6. The lowest BCUT2D eigenvalue weighted by Gasteiger charge is -2.06. The summed E-state index contributed by atoms with van der Waals surface area (Å²) in [4.78, 5) is 16.7. The molecule has 6 heteroatoms. The number of halogens is 2. The third-order valence-corrected chi connectivity index (χ3v) is 3.68. The van der Waals surface area contributed by atoms with Crippen LogP contribution in [0, 0.1) is 6.92 Å². The van der Waals surface area contributed by atoms with E-state index in [1.54, 1.807) is 18.2 Å². The molecule has 0 saturated heterocycles. The SMILES string of the molecule is Cc1nc(C(=O)Nc2cc(Cl)ccc2Cl)c2ccccn12. The minimum atomic E-state index is -0.323. The number of aryl methyl sites for hydroxylation is 1. The fourth-order valence-electron chi connectivity index (χ4n) is 2.13. The summed E-state index contributed by atoms with van der Waals surface area (Å²) in [6, 6.07) is 10.5. The van der Waals surface area contributed by atoms with Crippen molar-refractivity contribution in [3.05, 3.63) is 64.2 Å². The van der Waals surface area contributed by atoms with Crippen LogP contribution < -0.4 is 5.32 Å². The average molecular weight is 320 g/mol. The highest BCUT2D eigenvalue weighted by molar-refractivity contribution is 6.36. The van der Waals surface area contributed by atoms with Gasteiger partial charge in [-0.25, -0.2) is 4.98 Å². The van der Waals surface area contributed by atoms with Crippen LogP contribution in [0.25, 0.3) is 5.52 Å². The number of hydrogen-bond donors (Lipinski definition) is 1. The number of hydrogen-bond acceptors (Lipinski definition) is 2. The van der Waals surface area contributed by atoms with Crippen LogP contribution >= 0.6 is 23.2 Å². The molecule has 1 aromatic carbocycles. The number of nitrogens with one attached hydrogen (secondary N) is 1. The normalized spacial score (nSPS) is 10.8. The van der Waals surface area contributed by atoms with Crippen molar-refractivity contribution in [2.75, 3.05) is 5.32 Å². The highest BCUT2D eigenvalue weighted by Crippen LogP contribution is 2.26. The van der Waals surface area contributed by atoms with Gasteiger partial charge in [0.1, 0.15) is 5.82 Å². The van der Waals surface area contributed by atoms with Crippen LogP contribution in [0.15, 0.2) is 42.6 Å². The highest BCUT2D eigenvalue weighted by atomic mass is 35.5. The van der Waals surface area contributed by atoms with Crippen molar-refractivity contribution in [3.8, 4) is 0 Å². The van der Waals surface area contributed by atoms with Crippen LogP contribution in [0.3, 0.4) is 0 Å². The van der Waals surface area contributed by atoms with Crippen molar-refractivity contribution >= 4 is 40.3 Å². The molecule has 4 nitrogen and oxygen atoms in total. The topological polar surface area (TPSA) is 46.4 Å². The molecule has 2 heterocycles. The Kier molecular flexibility index (Phi) is 3.57. The second-order valence-electron chi connectivity index (χ2n) is 4.54. The summed E-state index contributed by atoms with van der Waals surface area (Å²) in [6.45, 7) is 1.84. The maximum Gasteiger partial charge on any atom is 0.276 e. The third-order valence-electron chi connectivity index (χ3n) is 3.12. The van der Waals surface area contributed by atoms with Gasteiger partial charge in [0, 0.05) is 11.2 Å². The maximum atomic E-state index is 12.4. The van der Waals surface area contributed by atoms with E-state index in [2.05, 4.69) is 10.3 Å². The predicted octanol–water partition coefficient (Wildman–Crippen LogP) is 4.20. The van der Waals surface area contributed by atoms with E-state index in [-0.39, 0.29) is 5.91 Å². The van der Waals surface area contributed by atoms with Gasteiger partial charge in [0.15, 0.2) is 5.69 Å². The lowest BCUT2D eigenvalue weighted by Crippen LogP contribution is -2.13. The molecule has 0 unspecified atom stereocenters. The van der Waals surface area contributed by atoms with Gasteiger partial charge in [-0.15, -0.1) is 0 Å².